The number of carbonyl (C=O) groups excluding carboxylic acids is 2. The lowest BCUT2D eigenvalue weighted by Crippen LogP contribution is -2.44. The van der Waals surface area contributed by atoms with Gasteiger partial charge in [0.25, 0.3) is 0 Å². The summed E-state index contributed by atoms with van der Waals surface area (Å²) in [7, 11) is 0. The maximum Gasteiger partial charge on any atom is 0.220 e. The SMILES string of the molecule is CC(C)N[C@@H](Cc1ccccc1)C(=O)C[C@@H](CCCCN)C(N)=O. The molecule has 1 rings (SSSR count). The maximum atomic E-state index is 12.7. The van der Waals surface area contributed by atoms with Crippen LogP contribution in [-0.4, -0.2) is 30.3 Å². The fourth-order valence-electron chi connectivity index (χ4n) is 2.78. The van der Waals surface area contributed by atoms with E-state index in [0.717, 1.165) is 18.4 Å². The Labute approximate surface area is 145 Å². The lowest BCUT2D eigenvalue weighted by Gasteiger charge is -2.22. The van der Waals surface area contributed by atoms with Gasteiger partial charge in [-0.15, -0.1) is 0 Å². The van der Waals surface area contributed by atoms with Gasteiger partial charge in [-0.3, -0.25) is 9.59 Å². The predicted molar refractivity (Wildman–Crippen MR) is 97.4 cm³/mol. The van der Waals surface area contributed by atoms with Gasteiger partial charge in [0, 0.05) is 18.4 Å². The van der Waals surface area contributed by atoms with E-state index in [1.165, 1.54) is 0 Å². The van der Waals surface area contributed by atoms with Crippen molar-refractivity contribution in [2.75, 3.05) is 6.54 Å². The van der Waals surface area contributed by atoms with Crippen LogP contribution in [0.2, 0.25) is 0 Å². The molecule has 0 fully saturated rings. The van der Waals surface area contributed by atoms with E-state index in [2.05, 4.69) is 5.32 Å². The van der Waals surface area contributed by atoms with Gasteiger partial charge in [0.05, 0.1) is 6.04 Å². The lowest BCUT2D eigenvalue weighted by molar-refractivity contribution is -0.128. The van der Waals surface area contributed by atoms with Crippen LogP contribution in [0.4, 0.5) is 0 Å². The van der Waals surface area contributed by atoms with Crippen LogP contribution in [0.3, 0.4) is 0 Å². The van der Waals surface area contributed by atoms with Crippen molar-refractivity contribution in [3.05, 3.63) is 35.9 Å². The molecule has 0 spiro atoms. The molecule has 5 N–H and O–H groups in total. The Hall–Kier alpha value is -1.72. The Morgan fingerprint density at radius 3 is 2.33 bits per heavy atom. The van der Waals surface area contributed by atoms with E-state index in [1.54, 1.807) is 0 Å². The summed E-state index contributed by atoms with van der Waals surface area (Å²) in [6.07, 6.45) is 3.09. The molecule has 5 heteroatoms. The molecule has 0 aliphatic rings. The highest BCUT2D eigenvalue weighted by Crippen LogP contribution is 2.16. The number of amides is 1. The summed E-state index contributed by atoms with van der Waals surface area (Å²) in [5.74, 6) is -0.760. The highest BCUT2D eigenvalue weighted by Gasteiger charge is 2.25. The van der Waals surface area contributed by atoms with E-state index in [-0.39, 0.29) is 24.3 Å². The van der Waals surface area contributed by atoms with Crippen LogP contribution in [0.25, 0.3) is 0 Å². The van der Waals surface area contributed by atoms with E-state index in [0.29, 0.717) is 19.4 Å². The molecule has 134 valence electrons. The second kappa shape index (κ2) is 10.9. The minimum atomic E-state index is -0.406. The quantitative estimate of drug-likeness (QED) is 0.508. The van der Waals surface area contributed by atoms with E-state index in [1.807, 2.05) is 44.2 Å². The highest BCUT2D eigenvalue weighted by molar-refractivity contribution is 5.89. The number of hydrogen-bond acceptors (Lipinski definition) is 4. The largest absolute Gasteiger partial charge is 0.369 e. The summed E-state index contributed by atoms with van der Waals surface area (Å²) in [6.45, 7) is 4.61. The number of Topliss-reactive ketones (excluding diaryl/α,β-unsaturated/α-hetero) is 1. The Balaban J connectivity index is 2.72. The minimum absolute atomic E-state index is 0.0455. The first-order valence-corrected chi connectivity index (χ1v) is 8.76. The third-order valence-electron chi connectivity index (χ3n) is 4.06. The molecule has 2 atom stereocenters. The smallest absolute Gasteiger partial charge is 0.220 e. The van der Waals surface area contributed by atoms with Crippen molar-refractivity contribution in [3.63, 3.8) is 0 Å². The number of carbonyl (C=O) groups is 2. The third kappa shape index (κ3) is 7.70. The Morgan fingerprint density at radius 1 is 1.12 bits per heavy atom. The first-order chi connectivity index (χ1) is 11.4. The topological polar surface area (TPSA) is 98.2 Å². The van der Waals surface area contributed by atoms with Crippen LogP contribution in [0, 0.1) is 5.92 Å². The van der Waals surface area contributed by atoms with Gasteiger partial charge in [-0.25, -0.2) is 0 Å². The van der Waals surface area contributed by atoms with Gasteiger partial charge in [0.15, 0.2) is 5.78 Å². The van der Waals surface area contributed by atoms with Gasteiger partial charge in [-0.2, -0.15) is 0 Å². The van der Waals surface area contributed by atoms with Gasteiger partial charge in [0.1, 0.15) is 0 Å². The second-order valence-corrected chi connectivity index (χ2v) is 6.62. The Morgan fingerprint density at radius 2 is 1.79 bits per heavy atom. The molecule has 0 unspecified atom stereocenters. The number of benzene rings is 1. The summed E-state index contributed by atoms with van der Waals surface area (Å²) in [5.41, 5.74) is 12.1. The summed E-state index contributed by atoms with van der Waals surface area (Å²) < 4.78 is 0. The van der Waals surface area contributed by atoms with Crippen molar-refractivity contribution in [1.82, 2.24) is 5.32 Å². The fraction of sp³-hybridized carbons (Fsp3) is 0.579. The summed E-state index contributed by atoms with van der Waals surface area (Å²) in [5, 5.41) is 3.32. The number of unbranched alkanes of at least 4 members (excludes halogenated alkanes) is 1. The van der Waals surface area contributed by atoms with Crippen LogP contribution in [0.5, 0.6) is 0 Å². The summed E-state index contributed by atoms with van der Waals surface area (Å²) in [6, 6.07) is 9.79. The standard InChI is InChI=1S/C19H31N3O2/c1-14(2)22-17(12-15-8-4-3-5-9-15)18(23)13-16(19(21)24)10-6-7-11-20/h3-5,8-9,14,16-17,22H,6-7,10-13,20H2,1-2H3,(H2,21,24)/t16-,17+/m1/s1. The van der Waals surface area contributed by atoms with Gasteiger partial charge >= 0.3 is 0 Å². The molecule has 0 radical (unpaired) electrons. The van der Waals surface area contributed by atoms with E-state index >= 15 is 0 Å². The van der Waals surface area contributed by atoms with Crippen molar-refractivity contribution >= 4 is 11.7 Å². The van der Waals surface area contributed by atoms with E-state index in [4.69, 9.17) is 11.5 Å². The zero-order valence-electron chi connectivity index (χ0n) is 14.8. The maximum absolute atomic E-state index is 12.7. The zero-order valence-corrected chi connectivity index (χ0v) is 14.8. The van der Waals surface area contributed by atoms with Crippen molar-refractivity contribution in [2.45, 2.75) is 58.0 Å². The normalized spacial score (nSPS) is 13.7. The number of nitrogens with two attached hydrogens (primary N) is 2. The van der Waals surface area contributed by atoms with E-state index < -0.39 is 11.8 Å². The molecule has 0 saturated heterocycles. The van der Waals surface area contributed by atoms with Crippen molar-refractivity contribution in [2.24, 2.45) is 17.4 Å². The first-order valence-electron chi connectivity index (χ1n) is 8.76. The predicted octanol–water partition coefficient (Wildman–Crippen LogP) is 1.79. The van der Waals surface area contributed by atoms with Crippen LogP contribution in [0.1, 0.15) is 45.1 Å². The average molecular weight is 333 g/mol. The Kier molecular flexibility index (Phi) is 9.27. The molecule has 1 aromatic rings. The van der Waals surface area contributed by atoms with Crippen LogP contribution >= 0.6 is 0 Å². The second-order valence-electron chi connectivity index (χ2n) is 6.62. The van der Waals surface area contributed by atoms with Crippen LogP contribution in [-0.2, 0) is 16.0 Å². The molecule has 0 bridgehead atoms. The zero-order chi connectivity index (χ0) is 17.9. The summed E-state index contributed by atoms with van der Waals surface area (Å²) >= 11 is 0. The lowest BCUT2D eigenvalue weighted by atomic mass is 9.90. The van der Waals surface area contributed by atoms with Crippen LogP contribution < -0.4 is 16.8 Å². The molecule has 0 aliphatic carbocycles. The number of primary amides is 1. The molecule has 24 heavy (non-hydrogen) atoms. The molecule has 5 nitrogen and oxygen atoms in total. The van der Waals surface area contributed by atoms with Crippen molar-refractivity contribution in [3.8, 4) is 0 Å². The number of ketones is 1. The number of rotatable bonds is 12. The monoisotopic (exact) mass is 333 g/mol. The number of nitrogens with one attached hydrogen (secondary N) is 1. The van der Waals surface area contributed by atoms with Crippen LogP contribution in [0.15, 0.2) is 30.3 Å². The highest BCUT2D eigenvalue weighted by atomic mass is 16.1. The Bertz CT molecular complexity index is 503. The molecule has 0 aliphatic heterocycles. The van der Waals surface area contributed by atoms with E-state index in [9.17, 15) is 9.59 Å². The molecule has 0 saturated carbocycles. The van der Waals surface area contributed by atoms with Crippen molar-refractivity contribution < 1.29 is 9.59 Å². The third-order valence-corrected chi connectivity index (χ3v) is 4.06. The van der Waals surface area contributed by atoms with Gasteiger partial charge in [0.2, 0.25) is 5.91 Å². The fourth-order valence-corrected chi connectivity index (χ4v) is 2.78. The first kappa shape index (κ1) is 20.3. The van der Waals surface area contributed by atoms with Gasteiger partial charge in [-0.05, 0) is 31.4 Å². The van der Waals surface area contributed by atoms with Gasteiger partial charge in [-0.1, -0.05) is 50.6 Å². The molecule has 0 heterocycles. The van der Waals surface area contributed by atoms with Crippen molar-refractivity contribution in [1.29, 1.82) is 0 Å². The molecular weight excluding hydrogens is 302 g/mol. The molecule has 1 aromatic carbocycles. The number of hydrogen-bond donors (Lipinski definition) is 3. The average Bonchev–Trinajstić information content (AvgIpc) is 2.53. The molecule has 1 amide bonds. The minimum Gasteiger partial charge on any atom is -0.369 e. The summed E-state index contributed by atoms with van der Waals surface area (Å²) in [4.78, 5) is 24.4. The molecule has 0 aromatic heterocycles. The molecular formula is C19H31N3O2. The van der Waals surface area contributed by atoms with Gasteiger partial charge < -0.3 is 16.8 Å².